The minimum atomic E-state index is -0.495. The summed E-state index contributed by atoms with van der Waals surface area (Å²) in [5.74, 6) is 1.65. The van der Waals surface area contributed by atoms with Crippen LogP contribution in [0.25, 0.3) is 0 Å². The van der Waals surface area contributed by atoms with Gasteiger partial charge in [0, 0.05) is 37.2 Å². The van der Waals surface area contributed by atoms with Crippen molar-refractivity contribution >= 4 is 11.6 Å². The second-order valence-electron chi connectivity index (χ2n) is 8.71. The standard InChI is InChI=1S/C22H30N6O3/c29-19-6-3-5-18(19)28-21(30)8-7-20(26-28)27-10-2-1-4-15(27)12-23-22-16-13-31-11-9-17(16)24-14-25-22/h7-8,14-15,18-19,29H,1-6,9-13H2,(H,23,24,25). The fourth-order valence-corrected chi connectivity index (χ4v) is 5.05. The minimum absolute atomic E-state index is 0.144. The summed E-state index contributed by atoms with van der Waals surface area (Å²) in [6, 6.07) is 3.43. The van der Waals surface area contributed by atoms with Gasteiger partial charge < -0.3 is 20.1 Å². The van der Waals surface area contributed by atoms with Gasteiger partial charge in [-0.15, -0.1) is 0 Å². The third-order valence-electron chi connectivity index (χ3n) is 6.76. The molecule has 0 spiro atoms. The van der Waals surface area contributed by atoms with E-state index in [-0.39, 0.29) is 17.6 Å². The first kappa shape index (κ1) is 20.4. The Balaban J connectivity index is 1.35. The van der Waals surface area contributed by atoms with E-state index in [0.717, 1.165) is 80.9 Å². The van der Waals surface area contributed by atoms with Gasteiger partial charge >= 0.3 is 0 Å². The molecule has 2 N–H and O–H groups in total. The van der Waals surface area contributed by atoms with Crippen LogP contribution in [0.15, 0.2) is 23.3 Å². The number of rotatable bonds is 5. The van der Waals surface area contributed by atoms with Crippen molar-refractivity contribution in [1.82, 2.24) is 19.7 Å². The number of anilines is 2. The van der Waals surface area contributed by atoms with Gasteiger partial charge in [-0.1, -0.05) is 0 Å². The van der Waals surface area contributed by atoms with E-state index in [1.807, 2.05) is 6.07 Å². The molecule has 1 saturated carbocycles. The van der Waals surface area contributed by atoms with Gasteiger partial charge in [-0.05, 0) is 44.6 Å². The number of nitrogens with one attached hydrogen (secondary N) is 1. The molecule has 0 aromatic carbocycles. The molecule has 0 amide bonds. The molecule has 5 rings (SSSR count). The topological polar surface area (TPSA) is 105 Å². The van der Waals surface area contributed by atoms with Gasteiger partial charge in [0.1, 0.15) is 18.0 Å². The molecule has 166 valence electrons. The average molecular weight is 427 g/mol. The first-order chi connectivity index (χ1) is 15.2. The smallest absolute Gasteiger partial charge is 0.267 e. The lowest BCUT2D eigenvalue weighted by Crippen LogP contribution is -2.45. The zero-order valence-corrected chi connectivity index (χ0v) is 17.7. The van der Waals surface area contributed by atoms with Crippen LogP contribution >= 0.6 is 0 Å². The molecular formula is C22H30N6O3. The maximum Gasteiger partial charge on any atom is 0.267 e. The van der Waals surface area contributed by atoms with E-state index in [9.17, 15) is 9.90 Å². The largest absolute Gasteiger partial charge is 0.391 e. The molecule has 0 bridgehead atoms. The fourth-order valence-electron chi connectivity index (χ4n) is 5.05. The lowest BCUT2D eigenvalue weighted by Gasteiger charge is -2.37. The summed E-state index contributed by atoms with van der Waals surface area (Å²) in [5, 5.41) is 18.5. The van der Waals surface area contributed by atoms with Crippen molar-refractivity contribution < 1.29 is 9.84 Å². The third kappa shape index (κ3) is 4.16. The summed E-state index contributed by atoms with van der Waals surface area (Å²) in [4.78, 5) is 23.6. The van der Waals surface area contributed by atoms with Crippen LogP contribution in [0.5, 0.6) is 0 Å². The van der Waals surface area contributed by atoms with Gasteiger partial charge in [-0.3, -0.25) is 4.79 Å². The van der Waals surface area contributed by atoms with Crippen molar-refractivity contribution in [1.29, 1.82) is 0 Å². The van der Waals surface area contributed by atoms with Gasteiger partial charge in [0.15, 0.2) is 0 Å². The summed E-state index contributed by atoms with van der Waals surface area (Å²) < 4.78 is 7.11. The van der Waals surface area contributed by atoms with Gasteiger partial charge in [0.25, 0.3) is 5.56 Å². The highest BCUT2D eigenvalue weighted by molar-refractivity contribution is 5.47. The molecule has 9 heteroatoms. The highest BCUT2D eigenvalue weighted by Crippen LogP contribution is 2.30. The van der Waals surface area contributed by atoms with Crippen LogP contribution in [-0.2, 0) is 17.8 Å². The van der Waals surface area contributed by atoms with E-state index in [0.29, 0.717) is 13.2 Å². The number of hydrogen-bond acceptors (Lipinski definition) is 8. The molecule has 1 saturated heterocycles. The molecule has 4 heterocycles. The molecule has 3 atom stereocenters. The molecule has 0 radical (unpaired) electrons. The highest BCUT2D eigenvalue weighted by atomic mass is 16.5. The molecule has 31 heavy (non-hydrogen) atoms. The number of fused-ring (bicyclic) bond motifs is 1. The predicted octanol–water partition coefficient (Wildman–Crippen LogP) is 1.66. The second-order valence-corrected chi connectivity index (χ2v) is 8.71. The molecule has 3 aliphatic rings. The first-order valence-electron chi connectivity index (χ1n) is 11.4. The molecule has 9 nitrogen and oxygen atoms in total. The van der Waals surface area contributed by atoms with Gasteiger partial charge in [0.05, 0.1) is 31.1 Å². The van der Waals surface area contributed by atoms with Crippen molar-refractivity contribution in [2.75, 3.05) is 29.9 Å². The Hall–Kier alpha value is -2.52. The van der Waals surface area contributed by atoms with Crippen LogP contribution in [0.1, 0.15) is 55.8 Å². The fraction of sp³-hybridized carbons (Fsp3) is 0.636. The summed E-state index contributed by atoms with van der Waals surface area (Å²) in [7, 11) is 0. The minimum Gasteiger partial charge on any atom is -0.391 e. The molecule has 2 aliphatic heterocycles. The number of aromatic nitrogens is 4. The number of aliphatic hydroxyl groups excluding tert-OH is 1. The molecule has 2 aromatic heterocycles. The molecule has 3 unspecified atom stereocenters. The van der Waals surface area contributed by atoms with Crippen LogP contribution in [0, 0.1) is 0 Å². The molecule has 1 aliphatic carbocycles. The number of ether oxygens (including phenoxy) is 1. The van der Waals surface area contributed by atoms with E-state index >= 15 is 0 Å². The summed E-state index contributed by atoms with van der Waals surface area (Å²) >= 11 is 0. The van der Waals surface area contributed by atoms with Crippen molar-refractivity contribution in [3.05, 3.63) is 40.1 Å². The Kier molecular flexibility index (Phi) is 5.87. The maximum atomic E-state index is 12.4. The van der Waals surface area contributed by atoms with Crippen molar-refractivity contribution in [3.8, 4) is 0 Å². The van der Waals surface area contributed by atoms with Crippen LogP contribution in [0.2, 0.25) is 0 Å². The summed E-state index contributed by atoms with van der Waals surface area (Å²) in [5.41, 5.74) is 1.97. The Morgan fingerprint density at radius 2 is 2.10 bits per heavy atom. The Bertz CT molecular complexity index is 980. The number of hydrogen-bond donors (Lipinski definition) is 2. The third-order valence-corrected chi connectivity index (χ3v) is 6.76. The number of piperidine rings is 1. The Morgan fingerprint density at radius 3 is 2.97 bits per heavy atom. The van der Waals surface area contributed by atoms with Crippen LogP contribution in [0.3, 0.4) is 0 Å². The molecule has 2 fully saturated rings. The first-order valence-corrected chi connectivity index (χ1v) is 11.4. The zero-order valence-electron chi connectivity index (χ0n) is 17.7. The van der Waals surface area contributed by atoms with Crippen molar-refractivity contribution in [2.24, 2.45) is 0 Å². The summed E-state index contributed by atoms with van der Waals surface area (Å²) in [6.45, 7) is 2.88. The zero-order chi connectivity index (χ0) is 21.2. The van der Waals surface area contributed by atoms with Crippen molar-refractivity contribution in [2.45, 2.75) is 69.7 Å². The lowest BCUT2D eigenvalue weighted by atomic mass is 10.0. The SMILES string of the molecule is O=c1ccc(N2CCCCC2CNc2ncnc3c2COCC3)nn1C1CCCC1O. The Labute approximate surface area is 181 Å². The van der Waals surface area contributed by atoms with Gasteiger partial charge in [-0.25, -0.2) is 14.6 Å². The second kappa shape index (κ2) is 8.92. The van der Waals surface area contributed by atoms with E-state index < -0.39 is 6.10 Å². The Morgan fingerprint density at radius 1 is 1.16 bits per heavy atom. The van der Waals surface area contributed by atoms with E-state index in [4.69, 9.17) is 9.84 Å². The van der Waals surface area contributed by atoms with Crippen LogP contribution in [0.4, 0.5) is 11.6 Å². The maximum absolute atomic E-state index is 12.4. The van der Waals surface area contributed by atoms with Crippen molar-refractivity contribution in [3.63, 3.8) is 0 Å². The highest BCUT2D eigenvalue weighted by Gasteiger charge is 2.30. The van der Waals surface area contributed by atoms with E-state index in [1.54, 1.807) is 12.4 Å². The molecule has 2 aromatic rings. The van der Waals surface area contributed by atoms with E-state index in [1.165, 1.54) is 4.68 Å². The normalized spacial score (nSPS) is 26.0. The summed E-state index contributed by atoms with van der Waals surface area (Å²) in [6.07, 6.45) is 7.70. The lowest BCUT2D eigenvalue weighted by molar-refractivity contribution is 0.109. The van der Waals surface area contributed by atoms with Crippen LogP contribution in [-0.4, -0.2) is 56.7 Å². The number of nitrogens with zero attached hydrogens (tertiary/aromatic N) is 5. The molecular weight excluding hydrogens is 396 g/mol. The number of aliphatic hydroxyl groups is 1. The van der Waals surface area contributed by atoms with Gasteiger partial charge in [0.2, 0.25) is 0 Å². The monoisotopic (exact) mass is 426 g/mol. The van der Waals surface area contributed by atoms with Gasteiger partial charge in [-0.2, -0.15) is 5.10 Å². The predicted molar refractivity (Wildman–Crippen MR) is 116 cm³/mol. The quantitative estimate of drug-likeness (QED) is 0.744. The van der Waals surface area contributed by atoms with E-state index in [2.05, 4.69) is 20.2 Å². The average Bonchev–Trinajstić information content (AvgIpc) is 3.24. The van der Waals surface area contributed by atoms with Crippen LogP contribution < -0.4 is 15.8 Å².